The van der Waals surface area contributed by atoms with E-state index in [0.29, 0.717) is 12.3 Å². The van der Waals surface area contributed by atoms with Crippen LogP contribution in [0.2, 0.25) is 0 Å². The number of aliphatic hydroxyl groups excluding tert-OH is 1. The summed E-state index contributed by atoms with van der Waals surface area (Å²) in [6.07, 6.45) is 8.64. The molecule has 0 amide bonds. The highest BCUT2D eigenvalue weighted by Crippen LogP contribution is 2.20. The lowest BCUT2D eigenvalue weighted by Crippen LogP contribution is -2.24. The van der Waals surface area contributed by atoms with Crippen LogP contribution in [-0.4, -0.2) is 20.8 Å². The van der Waals surface area contributed by atoms with E-state index in [-0.39, 0.29) is 6.10 Å². The molecule has 0 saturated heterocycles. The van der Waals surface area contributed by atoms with Crippen LogP contribution in [0.5, 0.6) is 0 Å². The highest BCUT2D eigenvalue weighted by molar-refractivity contribution is 4.94. The van der Waals surface area contributed by atoms with Crippen molar-refractivity contribution in [2.75, 3.05) is 0 Å². The molecule has 0 aliphatic heterocycles. The Morgan fingerprint density at radius 3 is 2.38 bits per heavy atom. The van der Waals surface area contributed by atoms with E-state index in [2.05, 4.69) is 18.8 Å². The monoisotopic (exact) mass is 224 g/mol. The van der Waals surface area contributed by atoms with Crippen LogP contribution in [0, 0.1) is 5.92 Å². The zero-order valence-corrected chi connectivity index (χ0v) is 10.7. The van der Waals surface area contributed by atoms with Gasteiger partial charge in [-0.15, -0.1) is 0 Å². The molecule has 0 saturated carbocycles. The molecule has 0 fully saturated rings. The number of aryl methyl sites for hydroxylation is 1. The van der Waals surface area contributed by atoms with Gasteiger partial charge in [-0.2, -0.15) is 0 Å². The largest absolute Gasteiger partial charge is 0.392 e. The third-order valence-corrected chi connectivity index (χ3v) is 3.18. The number of imidazole rings is 1. The molecule has 1 rings (SSSR count). The summed E-state index contributed by atoms with van der Waals surface area (Å²) in [5.74, 6) is 1.40. The first-order valence-corrected chi connectivity index (χ1v) is 6.33. The Morgan fingerprint density at radius 2 is 1.94 bits per heavy atom. The van der Waals surface area contributed by atoms with Gasteiger partial charge in [0.1, 0.15) is 5.82 Å². The maximum atomic E-state index is 10.2. The van der Waals surface area contributed by atoms with Gasteiger partial charge in [0.15, 0.2) is 0 Å². The van der Waals surface area contributed by atoms with Gasteiger partial charge in [-0.25, -0.2) is 4.98 Å². The lowest BCUT2D eigenvalue weighted by Gasteiger charge is -2.21. The van der Waals surface area contributed by atoms with E-state index in [4.69, 9.17) is 0 Å². The van der Waals surface area contributed by atoms with Crippen molar-refractivity contribution in [3.8, 4) is 0 Å². The predicted octanol–water partition coefficient (Wildman–Crippen LogP) is 2.54. The summed E-state index contributed by atoms with van der Waals surface area (Å²) in [6.45, 7) is 4.35. The van der Waals surface area contributed by atoms with Gasteiger partial charge in [-0.05, 0) is 18.8 Å². The van der Waals surface area contributed by atoms with Gasteiger partial charge < -0.3 is 9.67 Å². The second kappa shape index (κ2) is 6.69. The Labute approximate surface area is 98.5 Å². The molecule has 1 unspecified atom stereocenters. The van der Waals surface area contributed by atoms with Crippen LogP contribution in [0.25, 0.3) is 0 Å². The SMILES string of the molecule is CCCC(CCC)C(O)Cc1nccn1C. The van der Waals surface area contributed by atoms with Crippen molar-refractivity contribution >= 4 is 0 Å². The summed E-state index contributed by atoms with van der Waals surface area (Å²) in [5, 5.41) is 10.2. The van der Waals surface area contributed by atoms with Crippen LogP contribution < -0.4 is 0 Å². The predicted molar refractivity (Wildman–Crippen MR) is 66.2 cm³/mol. The molecule has 0 aliphatic rings. The van der Waals surface area contributed by atoms with Gasteiger partial charge in [0.05, 0.1) is 6.10 Å². The van der Waals surface area contributed by atoms with Gasteiger partial charge in [0, 0.05) is 25.9 Å². The summed E-state index contributed by atoms with van der Waals surface area (Å²) in [7, 11) is 1.98. The number of hydrogen-bond acceptors (Lipinski definition) is 2. The maximum absolute atomic E-state index is 10.2. The van der Waals surface area contributed by atoms with Crippen molar-refractivity contribution in [3.63, 3.8) is 0 Å². The van der Waals surface area contributed by atoms with Crippen LogP contribution in [0.1, 0.15) is 45.4 Å². The Hall–Kier alpha value is -0.830. The molecule has 1 aromatic heterocycles. The van der Waals surface area contributed by atoms with E-state index in [9.17, 15) is 5.11 Å². The van der Waals surface area contributed by atoms with Gasteiger partial charge in [0.25, 0.3) is 0 Å². The molecule has 0 radical (unpaired) electrons. The average molecular weight is 224 g/mol. The summed E-state index contributed by atoms with van der Waals surface area (Å²) < 4.78 is 1.98. The Morgan fingerprint density at radius 1 is 1.31 bits per heavy atom. The fourth-order valence-corrected chi connectivity index (χ4v) is 2.22. The zero-order chi connectivity index (χ0) is 12.0. The fourth-order valence-electron chi connectivity index (χ4n) is 2.22. The summed E-state index contributed by atoms with van der Waals surface area (Å²) >= 11 is 0. The molecule has 0 spiro atoms. The number of aromatic nitrogens is 2. The molecule has 92 valence electrons. The number of hydrogen-bond donors (Lipinski definition) is 1. The van der Waals surface area contributed by atoms with E-state index in [1.54, 1.807) is 6.20 Å². The Balaban J connectivity index is 2.54. The van der Waals surface area contributed by atoms with Crippen molar-refractivity contribution in [3.05, 3.63) is 18.2 Å². The third-order valence-electron chi connectivity index (χ3n) is 3.18. The third kappa shape index (κ3) is 3.63. The number of nitrogens with zero attached hydrogens (tertiary/aromatic N) is 2. The van der Waals surface area contributed by atoms with Crippen LogP contribution in [-0.2, 0) is 13.5 Å². The molecule has 3 heteroatoms. The molecular weight excluding hydrogens is 200 g/mol. The summed E-state index contributed by atoms with van der Waals surface area (Å²) in [4.78, 5) is 4.26. The molecular formula is C13H24N2O. The maximum Gasteiger partial charge on any atom is 0.110 e. The lowest BCUT2D eigenvalue weighted by atomic mass is 9.90. The molecule has 0 aromatic carbocycles. The van der Waals surface area contributed by atoms with Gasteiger partial charge in [0.2, 0.25) is 0 Å². The number of rotatable bonds is 7. The van der Waals surface area contributed by atoms with E-state index < -0.39 is 0 Å². The minimum absolute atomic E-state index is 0.249. The van der Waals surface area contributed by atoms with Crippen molar-refractivity contribution in [1.29, 1.82) is 0 Å². The minimum atomic E-state index is -0.249. The molecule has 1 heterocycles. The highest BCUT2D eigenvalue weighted by Gasteiger charge is 2.19. The smallest absolute Gasteiger partial charge is 0.110 e. The van der Waals surface area contributed by atoms with Crippen LogP contribution in [0.3, 0.4) is 0 Å². The van der Waals surface area contributed by atoms with E-state index in [1.807, 2.05) is 17.8 Å². The first-order valence-electron chi connectivity index (χ1n) is 6.33. The quantitative estimate of drug-likeness (QED) is 0.773. The highest BCUT2D eigenvalue weighted by atomic mass is 16.3. The van der Waals surface area contributed by atoms with E-state index >= 15 is 0 Å². The zero-order valence-electron chi connectivity index (χ0n) is 10.7. The first kappa shape index (κ1) is 13.2. The molecule has 0 bridgehead atoms. The second-order valence-electron chi connectivity index (χ2n) is 4.56. The Kier molecular flexibility index (Phi) is 5.53. The molecule has 16 heavy (non-hydrogen) atoms. The fraction of sp³-hybridized carbons (Fsp3) is 0.769. The van der Waals surface area contributed by atoms with Gasteiger partial charge in [-0.1, -0.05) is 26.7 Å². The van der Waals surface area contributed by atoms with E-state index in [0.717, 1.165) is 31.5 Å². The van der Waals surface area contributed by atoms with Crippen molar-refractivity contribution in [1.82, 2.24) is 9.55 Å². The second-order valence-corrected chi connectivity index (χ2v) is 4.56. The van der Waals surface area contributed by atoms with Crippen LogP contribution in [0.15, 0.2) is 12.4 Å². The Bertz CT molecular complexity index is 290. The van der Waals surface area contributed by atoms with Gasteiger partial charge >= 0.3 is 0 Å². The molecule has 0 aliphatic carbocycles. The topological polar surface area (TPSA) is 38.1 Å². The van der Waals surface area contributed by atoms with Crippen molar-refractivity contribution in [2.45, 2.75) is 52.1 Å². The van der Waals surface area contributed by atoms with Crippen LogP contribution >= 0.6 is 0 Å². The first-order chi connectivity index (χ1) is 7.69. The van der Waals surface area contributed by atoms with Crippen molar-refractivity contribution in [2.24, 2.45) is 13.0 Å². The van der Waals surface area contributed by atoms with Crippen LogP contribution in [0.4, 0.5) is 0 Å². The molecule has 1 aromatic rings. The van der Waals surface area contributed by atoms with E-state index in [1.165, 1.54) is 0 Å². The standard InChI is InChI=1S/C13H24N2O/c1-4-6-11(7-5-2)12(16)10-13-14-8-9-15(13)3/h8-9,11-12,16H,4-7,10H2,1-3H3. The average Bonchev–Trinajstić information content (AvgIpc) is 2.64. The molecule has 1 N–H and O–H groups in total. The summed E-state index contributed by atoms with van der Waals surface area (Å²) in [5.41, 5.74) is 0. The number of aliphatic hydroxyl groups is 1. The minimum Gasteiger partial charge on any atom is -0.392 e. The summed E-state index contributed by atoms with van der Waals surface area (Å²) in [6, 6.07) is 0. The normalized spacial score (nSPS) is 13.3. The molecule has 1 atom stereocenters. The lowest BCUT2D eigenvalue weighted by molar-refractivity contribution is 0.0938. The van der Waals surface area contributed by atoms with Crippen molar-refractivity contribution < 1.29 is 5.11 Å². The van der Waals surface area contributed by atoms with Gasteiger partial charge in [-0.3, -0.25) is 0 Å². The molecule has 3 nitrogen and oxygen atoms in total.